The second-order valence-corrected chi connectivity index (χ2v) is 7.65. The number of allylic oxidation sites excluding steroid dienone is 1. The number of para-hydroxylation sites is 1. The highest BCUT2D eigenvalue weighted by atomic mass is 32.2. The highest BCUT2D eigenvalue weighted by Crippen LogP contribution is 2.19. The first-order valence-corrected chi connectivity index (χ1v) is 10.7. The molecule has 2 heterocycles. The molecule has 0 aliphatic carbocycles. The monoisotopic (exact) mass is 448 g/mol. The van der Waals surface area contributed by atoms with Gasteiger partial charge < -0.3 is 9.67 Å². The number of fused-ring (bicyclic) bond motifs is 1. The largest absolute Gasteiger partial charge is 0.508 e. The number of amides is 1. The number of thioether (sulfide) groups is 1. The molecule has 0 saturated heterocycles. The van der Waals surface area contributed by atoms with Crippen LogP contribution < -0.4 is 5.43 Å². The lowest BCUT2D eigenvalue weighted by Crippen LogP contribution is -2.20. The lowest BCUT2D eigenvalue weighted by atomic mass is 10.2. The Hall–Kier alpha value is -3.99. The van der Waals surface area contributed by atoms with E-state index in [9.17, 15) is 9.90 Å². The molecule has 0 atom stereocenters. The van der Waals surface area contributed by atoms with Gasteiger partial charge in [0.25, 0.3) is 5.91 Å². The van der Waals surface area contributed by atoms with Crippen LogP contribution in [0.5, 0.6) is 5.75 Å². The summed E-state index contributed by atoms with van der Waals surface area (Å²) in [5, 5.41) is 30.8. The SMILES string of the molecule is C=CCn1c(Cn2nnc3ccccc32)nnc1SCC(=O)N/N=C\c1cccc(O)c1. The summed E-state index contributed by atoms with van der Waals surface area (Å²) in [6.07, 6.45) is 3.21. The van der Waals surface area contributed by atoms with Gasteiger partial charge in [-0.25, -0.2) is 10.1 Å². The van der Waals surface area contributed by atoms with Crippen molar-refractivity contribution in [3.8, 4) is 5.75 Å². The van der Waals surface area contributed by atoms with Gasteiger partial charge in [-0.1, -0.05) is 47.3 Å². The first kappa shape index (κ1) is 21.2. The standard InChI is InChI=1S/C21H20N8O2S/c1-2-10-28-19(13-29-18-9-4-3-8-17(18)23-27-29)24-26-21(28)32-14-20(31)25-22-12-15-6-5-7-16(30)11-15/h2-9,11-12,30H,1,10,13-14H2,(H,25,31)/b22-12-. The molecule has 4 aromatic rings. The Kier molecular flexibility index (Phi) is 6.56. The average Bonchev–Trinajstić information content (AvgIpc) is 3.37. The molecule has 162 valence electrons. The van der Waals surface area contributed by atoms with Crippen molar-refractivity contribution < 1.29 is 9.90 Å². The number of hydrogen-bond acceptors (Lipinski definition) is 8. The number of hydrazone groups is 1. The zero-order valence-electron chi connectivity index (χ0n) is 17.0. The van der Waals surface area contributed by atoms with Crippen LogP contribution >= 0.6 is 11.8 Å². The van der Waals surface area contributed by atoms with E-state index in [1.54, 1.807) is 35.0 Å². The zero-order valence-corrected chi connectivity index (χ0v) is 17.8. The van der Waals surface area contributed by atoms with Crippen molar-refractivity contribution in [2.75, 3.05) is 5.75 Å². The minimum atomic E-state index is -0.289. The van der Waals surface area contributed by atoms with Gasteiger partial charge in [0.15, 0.2) is 11.0 Å². The molecule has 2 N–H and O–H groups in total. The Labute approximate surface area is 187 Å². The Morgan fingerprint density at radius 3 is 2.91 bits per heavy atom. The van der Waals surface area contributed by atoms with Crippen molar-refractivity contribution in [1.82, 2.24) is 35.2 Å². The molecule has 0 radical (unpaired) electrons. The number of phenols is 1. The van der Waals surface area contributed by atoms with Crippen LogP contribution in [0.1, 0.15) is 11.4 Å². The zero-order chi connectivity index (χ0) is 22.3. The van der Waals surface area contributed by atoms with Crippen LogP contribution in [0, 0.1) is 0 Å². The van der Waals surface area contributed by atoms with Gasteiger partial charge in [-0.05, 0) is 29.8 Å². The number of aromatic nitrogens is 6. The summed E-state index contributed by atoms with van der Waals surface area (Å²) >= 11 is 1.25. The number of hydrogen-bond donors (Lipinski definition) is 2. The van der Waals surface area contributed by atoms with Crippen molar-refractivity contribution in [2.45, 2.75) is 18.2 Å². The fourth-order valence-electron chi connectivity index (χ4n) is 2.97. The molecule has 0 bridgehead atoms. The number of carbonyl (C=O) groups excluding carboxylic acids is 1. The van der Waals surface area contributed by atoms with Gasteiger partial charge in [-0.3, -0.25) is 4.79 Å². The highest BCUT2D eigenvalue weighted by molar-refractivity contribution is 7.99. The number of phenolic OH excluding ortho intramolecular Hbond substituents is 1. The maximum Gasteiger partial charge on any atom is 0.250 e. The molecule has 2 aromatic heterocycles. The third-order valence-corrected chi connectivity index (χ3v) is 5.39. The molecule has 32 heavy (non-hydrogen) atoms. The van der Waals surface area contributed by atoms with Crippen molar-refractivity contribution in [3.05, 3.63) is 72.6 Å². The van der Waals surface area contributed by atoms with E-state index in [0.717, 1.165) is 11.0 Å². The Balaban J connectivity index is 1.40. The van der Waals surface area contributed by atoms with Crippen molar-refractivity contribution >= 4 is 34.9 Å². The van der Waals surface area contributed by atoms with Crippen molar-refractivity contribution in [1.29, 1.82) is 0 Å². The summed E-state index contributed by atoms with van der Waals surface area (Å²) in [5.74, 6) is 0.639. The predicted octanol–water partition coefficient (Wildman–Crippen LogP) is 2.21. The number of nitrogens with one attached hydrogen (secondary N) is 1. The Morgan fingerprint density at radius 1 is 1.19 bits per heavy atom. The van der Waals surface area contributed by atoms with E-state index in [1.807, 2.05) is 28.8 Å². The molecule has 0 saturated carbocycles. The molecule has 0 fully saturated rings. The van der Waals surface area contributed by atoms with Gasteiger partial charge in [0.05, 0.1) is 17.5 Å². The minimum Gasteiger partial charge on any atom is -0.508 e. The van der Waals surface area contributed by atoms with Gasteiger partial charge >= 0.3 is 0 Å². The number of carbonyl (C=O) groups is 1. The highest BCUT2D eigenvalue weighted by Gasteiger charge is 2.15. The fourth-order valence-corrected chi connectivity index (χ4v) is 3.73. The molecular weight excluding hydrogens is 428 g/mol. The van der Waals surface area contributed by atoms with Crippen LogP contribution in [0.2, 0.25) is 0 Å². The molecule has 1 amide bonds. The summed E-state index contributed by atoms with van der Waals surface area (Å²) in [4.78, 5) is 12.2. The van der Waals surface area contributed by atoms with Gasteiger partial charge in [0.2, 0.25) is 0 Å². The summed E-state index contributed by atoms with van der Waals surface area (Å²) in [6.45, 7) is 4.68. The van der Waals surface area contributed by atoms with E-state index in [-0.39, 0.29) is 17.4 Å². The van der Waals surface area contributed by atoms with E-state index in [0.29, 0.717) is 29.6 Å². The quantitative estimate of drug-likeness (QED) is 0.174. The van der Waals surface area contributed by atoms with E-state index in [2.05, 4.69) is 37.6 Å². The van der Waals surface area contributed by atoms with Gasteiger partial charge in [0, 0.05) is 6.54 Å². The van der Waals surface area contributed by atoms with Gasteiger partial charge in [-0.2, -0.15) is 5.10 Å². The van der Waals surface area contributed by atoms with Crippen LogP contribution in [0.3, 0.4) is 0 Å². The van der Waals surface area contributed by atoms with Crippen molar-refractivity contribution in [2.24, 2.45) is 5.10 Å². The molecular formula is C21H20N8O2S. The van der Waals surface area contributed by atoms with Crippen LogP contribution in [-0.2, 0) is 17.9 Å². The van der Waals surface area contributed by atoms with Gasteiger partial charge in [-0.15, -0.1) is 21.9 Å². The minimum absolute atomic E-state index is 0.110. The molecule has 4 rings (SSSR count). The average molecular weight is 449 g/mol. The molecule has 10 nitrogen and oxygen atoms in total. The molecule has 0 unspecified atom stereocenters. The number of rotatable bonds is 9. The van der Waals surface area contributed by atoms with E-state index < -0.39 is 0 Å². The summed E-state index contributed by atoms with van der Waals surface area (Å²) in [5.41, 5.74) is 4.85. The van der Waals surface area contributed by atoms with E-state index >= 15 is 0 Å². The Bertz CT molecular complexity index is 1280. The predicted molar refractivity (Wildman–Crippen MR) is 121 cm³/mol. The molecule has 2 aromatic carbocycles. The smallest absolute Gasteiger partial charge is 0.250 e. The molecule has 11 heteroatoms. The van der Waals surface area contributed by atoms with Gasteiger partial charge in [0.1, 0.15) is 17.8 Å². The lowest BCUT2D eigenvalue weighted by molar-refractivity contribution is -0.118. The number of aromatic hydroxyl groups is 1. The van der Waals surface area contributed by atoms with Crippen LogP contribution in [0.4, 0.5) is 0 Å². The van der Waals surface area contributed by atoms with Crippen LogP contribution in [-0.4, -0.2) is 52.7 Å². The number of benzene rings is 2. The Morgan fingerprint density at radius 2 is 2.06 bits per heavy atom. The van der Waals surface area contributed by atoms with Crippen LogP contribution in [0.15, 0.2) is 71.4 Å². The topological polar surface area (TPSA) is 123 Å². The lowest BCUT2D eigenvalue weighted by Gasteiger charge is -2.07. The first-order valence-electron chi connectivity index (χ1n) is 9.69. The molecule has 0 aliphatic rings. The maximum atomic E-state index is 12.2. The third kappa shape index (κ3) is 5.01. The number of nitrogens with zero attached hydrogens (tertiary/aromatic N) is 7. The molecule has 0 spiro atoms. The van der Waals surface area contributed by atoms with E-state index in [4.69, 9.17) is 0 Å². The third-order valence-electron chi connectivity index (χ3n) is 4.42. The summed E-state index contributed by atoms with van der Waals surface area (Å²) in [6, 6.07) is 14.3. The van der Waals surface area contributed by atoms with Crippen molar-refractivity contribution in [3.63, 3.8) is 0 Å². The fraction of sp³-hybridized carbons (Fsp3) is 0.143. The van der Waals surface area contributed by atoms with E-state index in [1.165, 1.54) is 18.0 Å². The second kappa shape index (κ2) is 9.88. The summed E-state index contributed by atoms with van der Waals surface area (Å²) < 4.78 is 3.65. The second-order valence-electron chi connectivity index (χ2n) is 6.71. The molecule has 0 aliphatic heterocycles. The van der Waals surface area contributed by atoms with Crippen LogP contribution in [0.25, 0.3) is 11.0 Å². The maximum absolute atomic E-state index is 12.2. The summed E-state index contributed by atoms with van der Waals surface area (Å²) in [7, 11) is 0. The first-order chi connectivity index (χ1) is 15.6. The normalized spacial score (nSPS) is 11.2.